The van der Waals surface area contributed by atoms with Gasteiger partial charge in [-0.15, -0.1) is 0 Å². The van der Waals surface area contributed by atoms with Gasteiger partial charge in [-0.25, -0.2) is 0 Å². The molecule has 3 rings (SSSR count). The molecule has 0 bridgehead atoms. The van der Waals surface area contributed by atoms with E-state index >= 15 is 0 Å². The summed E-state index contributed by atoms with van der Waals surface area (Å²) in [5.41, 5.74) is 0. The molecule has 2 amide bonds. The largest absolute Gasteiger partial charge is 0.465 e. The number of amides is 2. The Morgan fingerprint density at radius 3 is 2.78 bits per heavy atom. The molecule has 18 heavy (non-hydrogen) atoms. The molecule has 1 atom stereocenters. The Balaban J connectivity index is 1.60. The van der Waals surface area contributed by atoms with Gasteiger partial charge in [0.25, 0.3) is 0 Å². The fourth-order valence-electron chi connectivity index (χ4n) is 2.33. The number of nitrogens with zero attached hydrogens (tertiary/aromatic N) is 1. The molecule has 5 nitrogen and oxygen atoms in total. The Bertz CT molecular complexity index is 490. The standard InChI is InChI=1S/C13H16N2O3/c1-8-2-5-10(18-8)7-14-11-6-12(16)15(13(11)17)9-3-4-9/h2,5,9,11,14H,3-4,6-7H2,1H3. The summed E-state index contributed by atoms with van der Waals surface area (Å²) in [6, 6.07) is 3.54. The fraction of sp³-hybridized carbons (Fsp3) is 0.538. The minimum Gasteiger partial charge on any atom is -0.465 e. The molecule has 96 valence electrons. The molecule has 1 saturated heterocycles. The number of furan rings is 1. The molecule has 2 fully saturated rings. The van der Waals surface area contributed by atoms with Crippen molar-refractivity contribution in [2.45, 2.75) is 44.8 Å². The molecule has 2 heterocycles. The fourth-order valence-corrected chi connectivity index (χ4v) is 2.33. The number of hydrogen-bond donors (Lipinski definition) is 1. The van der Waals surface area contributed by atoms with Crippen LogP contribution in [0.3, 0.4) is 0 Å². The number of carbonyl (C=O) groups is 2. The van der Waals surface area contributed by atoms with Gasteiger partial charge in [-0.1, -0.05) is 0 Å². The number of imide groups is 1. The summed E-state index contributed by atoms with van der Waals surface area (Å²) in [5, 5.41) is 3.10. The van der Waals surface area contributed by atoms with Crippen molar-refractivity contribution in [1.82, 2.24) is 10.2 Å². The van der Waals surface area contributed by atoms with Crippen LogP contribution in [0.5, 0.6) is 0 Å². The number of likely N-dealkylation sites (tertiary alicyclic amines) is 1. The highest BCUT2D eigenvalue weighted by atomic mass is 16.3. The van der Waals surface area contributed by atoms with E-state index in [9.17, 15) is 9.59 Å². The number of hydrogen-bond acceptors (Lipinski definition) is 4. The van der Waals surface area contributed by atoms with Crippen LogP contribution in [0.4, 0.5) is 0 Å². The van der Waals surface area contributed by atoms with Crippen molar-refractivity contribution in [2.75, 3.05) is 0 Å². The van der Waals surface area contributed by atoms with E-state index in [1.807, 2.05) is 19.1 Å². The first kappa shape index (κ1) is 11.5. The maximum absolute atomic E-state index is 12.0. The molecule has 0 aromatic carbocycles. The molecular formula is C13H16N2O3. The summed E-state index contributed by atoms with van der Waals surface area (Å²) in [5.74, 6) is 1.51. The summed E-state index contributed by atoms with van der Waals surface area (Å²) >= 11 is 0. The third-order valence-corrected chi connectivity index (χ3v) is 3.41. The number of carbonyl (C=O) groups excluding carboxylic acids is 2. The van der Waals surface area contributed by atoms with Crippen molar-refractivity contribution in [3.05, 3.63) is 23.7 Å². The first-order chi connectivity index (χ1) is 8.65. The molecule has 1 N–H and O–H groups in total. The molecule has 1 aliphatic carbocycles. The van der Waals surface area contributed by atoms with Gasteiger partial charge < -0.3 is 4.42 Å². The Morgan fingerprint density at radius 1 is 1.39 bits per heavy atom. The van der Waals surface area contributed by atoms with E-state index in [4.69, 9.17) is 4.42 Å². The van der Waals surface area contributed by atoms with Crippen molar-refractivity contribution in [3.8, 4) is 0 Å². The summed E-state index contributed by atoms with van der Waals surface area (Å²) < 4.78 is 5.42. The Morgan fingerprint density at radius 2 is 2.17 bits per heavy atom. The van der Waals surface area contributed by atoms with Gasteiger partial charge in [0.2, 0.25) is 11.8 Å². The topological polar surface area (TPSA) is 62.6 Å². The molecule has 5 heteroatoms. The highest BCUT2D eigenvalue weighted by molar-refractivity contribution is 6.06. The number of aryl methyl sites for hydroxylation is 1. The highest BCUT2D eigenvalue weighted by Crippen LogP contribution is 2.31. The summed E-state index contributed by atoms with van der Waals surface area (Å²) in [7, 11) is 0. The Kier molecular flexibility index (Phi) is 2.70. The maximum atomic E-state index is 12.0. The average molecular weight is 248 g/mol. The van der Waals surface area contributed by atoms with Gasteiger partial charge in [0.1, 0.15) is 11.5 Å². The van der Waals surface area contributed by atoms with Gasteiger partial charge in [-0.3, -0.25) is 19.8 Å². The van der Waals surface area contributed by atoms with Crippen molar-refractivity contribution in [2.24, 2.45) is 0 Å². The van der Waals surface area contributed by atoms with Crippen LogP contribution in [-0.4, -0.2) is 28.8 Å². The van der Waals surface area contributed by atoms with Gasteiger partial charge in [0, 0.05) is 6.04 Å². The van der Waals surface area contributed by atoms with Crippen LogP contribution in [0.15, 0.2) is 16.5 Å². The third-order valence-electron chi connectivity index (χ3n) is 3.41. The zero-order valence-electron chi connectivity index (χ0n) is 10.3. The molecule has 1 aromatic heterocycles. The van der Waals surface area contributed by atoms with E-state index in [1.54, 1.807) is 0 Å². The van der Waals surface area contributed by atoms with E-state index in [-0.39, 0.29) is 30.3 Å². The van der Waals surface area contributed by atoms with E-state index < -0.39 is 0 Å². The lowest BCUT2D eigenvalue weighted by atomic mass is 10.2. The molecule has 1 saturated carbocycles. The molecule has 0 spiro atoms. The van der Waals surface area contributed by atoms with Gasteiger partial charge >= 0.3 is 0 Å². The number of rotatable bonds is 4. The molecule has 0 radical (unpaired) electrons. The molecular weight excluding hydrogens is 232 g/mol. The van der Waals surface area contributed by atoms with Crippen molar-refractivity contribution < 1.29 is 14.0 Å². The van der Waals surface area contributed by atoms with Crippen molar-refractivity contribution >= 4 is 11.8 Å². The smallest absolute Gasteiger partial charge is 0.247 e. The summed E-state index contributed by atoms with van der Waals surface area (Å²) in [4.78, 5) is 25.2. The average Bonchev–Trinajstić information content (AvgIpc) is 3.00. The Labute approximate surface area is 105 Å². The predicted octanol–water partition coefficient (Wildman–Crippen LogP) is 0.968. The molecule has 1 unspecified atom stereocenters. The normalized spacial score (nSPS) is 24.1. The second-order valence-corrected chi connectivity index (χ2v) is 4.98. The van der Waals surface area contributed by atoms with Gasteiger partial charge in [0.15, 0.2) is 0 Å². The lowest BCUT2D eigenvalue weighted by Crippen LogP contribution is -2.39. The van der Waals surface area contributed by atoms with Crippen LogP contribution in [0, 0.1) is 6.92 Å². The van der Waals surface area contributed by atoms with Crippen LogP contribution in [-0.2, 0) is 16.1 Å². The van der Waals surface area contributed by atoms with Crippen LogP contribution in [0.2, 0.25) is 0 Å². The van der Waals surface area contributed by atoms with E-state index in [2.05, 4.69) is 5.32 Å². The molecule has 2 aliphatic rings. The van der Waals surface area contributed by atoms with Crippen molar-refractivity contribution in [1.29, 1.82) is 0 Å². The van der Waals surface area contributed by atoms with Crippen LogP contribution in [0.25, 0.3) is 0 Å². The molecule has 1 aliphatic heterocycles. The summed E-state index contributed by atoms with van der Waals surface area (Å²) in [6.07, 6.45) is 2.19. The van der Waals surface area contributed by atoms with E-state index in [0.29, 0.717) is 6.54 Å². The predicted molar refractivity (Wildman–Crippen MR) is 63.6 cm³/mol. The monoisotopic (exact) mass is 248 g/mol. The van der Waals surface area contributed by atoms with E-state index in [1.165, 1.54) is 4.90 Å². The number of nitrogens with one attached hydrogen (secondary N) is 1. The summed E-state index contributed by atoms with van der Waals surface area (Å²) in [6.45, 7) is 2.36. The molecule has 1 aromatic rings. The van der Waals surface area contributed by atoms with Gasteiger partial charge in [-0.2, -0.15) is 0 Å². The maximum Gasteiger partial charge on any atom is 0.247 e. The van der Waals surface area contributed by atoms with Crippen LogP contribution >= 0.6 is 0 Å². The van der Waals surface area contributed by atoms with Gasteiger partial charge in [0.05, 0.1) is 19.0 Å². The third kappa shape index (κ3) is 2.06. The SMILES string of the molecule is Cc1ccc(CNC2CC(=O)N(C3CC3)C2=O)o1. The first-order valence-corrected chi connectivity index (χ1v) is 6.30. The van der Waals surface area contributed by atoms with E-state index in [0.717, 1.165) is 24.4 Å². The quantitative estimate of drug-likeness (QED) is 0.806. The van der Waals surface area contributed by atoms with Crippen LogP contribution < -0.4 is 5.32 Å². The second kappa shape index (κ2) is 4.24. The zero-order chi connectivity index (χ0) is 12.7. The lowest BCUT2D eigenvalue weighted by Gasteiger charge is -2.13. The highest BCUT2D eigenvalue weighted by Gasteiger charge is 2.45. The minimum absolute atomic E-state index is 0.0457. The second-order valence-electron chi connectivity index (χ2n) is 4.98. The Hall–Kier alpha value is -1.62. The zero-order valence-corrected chi connectivity index (χ0v) is 10.3. The first-order valence-electron chi connectivity index (χ1n) is 6.30. The lowest BCUT2D eigenvalue weighted by molar-refractivity contribution is -0.139. The van der Waals surface area contributed by atoms with Crippen LogP contribution in [0.1, 0.15) is 30.8 Å². The minimum atomic E-state index is -0.386. The van der Waals surface area contributed by atoms with Crippen molar-refractivity contribution in [3.63, 3.8) is 0 Å². The van der Waals surface area contributed by atoms with Gasteiger partial charge in [-0.05, 0) is 31.9 Å².